The van der Waals surface area contributed by atoms with Crippen molar-refractivity contribution >= 4 is 23.4 Å². The van der Waals surface area contributed by atoms with Crippen molar-refractivity contribution in [1.82, 2.24) is 19.7 Å². The van der Waals surface area contributed by atoms with Crippen molar-refractivity contribution in [2.24, 2.45) is 0 Å². The number of nitrogens with zero attached hydrogens (tertiary/aromatic N) is 5. The number of nitriles is 1. The van der Waals surface area contributed by atoms with Gasteiger partial charge in [0.15, 0.2) is 11.0 Å². The predicted octanol–water partition coefficient (Wildman–Crippen LogP) is 4.05. The van der Waals surface area contributed by atoms with Crippen molar-refractivity contribution < 1.29 is 4.79 Å². The predicted molar refractivity (Wildman–Crippen MR) is 126 cm³/mol. The van der Waals surface area contributed by atoms with Crippen LogP contribution in [0.2, 0.25) is 0 Å². The molecule has 4 rings (SSSR count). The molecule has 1 saturated heterocycles. The van der Waals surface area contributed by atoms with Crippen molar-refractivity contribution in [3.8, 4) is 11.8 Å². The average Bonchev–Trinajstić information content (AvgIpc) is 3.23. The Morgan fingerprint density at radius 3 is 2.50 bits per heavy atom. The molecule has 1 N–H and O–H groups in total. The monoisotopic (exact) mass is 446 g/mol. The van der Waals surface area contributed by atoms with Crippen LogP contribution in [-0.2, 0) is 17.8 Å². The van der Waals surface area contributed by atoms with Gasteiger partial charge in [0.2, 0.25) is 5.91 Å². The number of amides is 1. The normalized spacial score (nSPS) is 14.1. The number of carbonyl (C=O) groups is 1. The molecule has 1 aromatic heterocycles. The standard InChI is InChI=1S/C24H26N6OS/c25-14-13-19-9-11-20(12-10-19)26-23(31)18-32-24-28-27-22(17-29-15-5-2-6-16-29)30(24)21-7-3-1-4-8-21/h1,3-4,7-12H,2,5-6,13,15-18H2,(H,26,31). The first kappa shape index (κ1) is 22.1. The van der Waals surface area contributed by atoms with Gasteiger partial charge >= 0.3 is 0 Å². The Balaban J connectivity index is 1.44. The van der Waals surface area contributed by atoms with Crippen LogP contribution in [0.25, 0.3) is 5.69 Å². The molecule has 8 heteroatoms. The van der Waals surface area contributed by atoms with Crippen LogP contribution in [0.1, 0.15) is 30.7 Å². The third kappa shape index (κ3) is 5.75. The lowest BCUT2D eigenvalue weighted by Gasteiger charge is -2.26. The first-order valence-electron chi connectivity index (χ1n) is 10.8. The molecular formula is C24H26N6OS. The first-order chi connectivity index (χ1) is 15.7. The Bertz CT molecular complexity index is 1070. The van der Waals surface area contributed by atoms with Crippen LogP contribution in [-0.4, -0.2) is 44.4 Å². The molecule has 0 atom stereocenters. The van der Waals surface area contributed by atoms with Gasteiger partial charge in [-0.2, -0.15) is 5.26 Å². The number of piperidine rings is 1. The average molecular weight is 447 g/mol. The zero-order valence-electron chi connectivity index (χ0n) is 17.9. The van der Waals surface area contributed by atoms with E-state index in [1.165, 1.54) is 31.0 Å². The van der Waals surface area contributed by atoms with Gasteiger partial charge in [0.05, 0.1) is 24.8 Å². The fourth-order valence-corrected chi connectivity index (χ4v) is 4.55. The second kappa shape index (κ2) is 10.9. The van der Waals surface area contributed by atoms with Crippen molar-refractivity contribution in [2.45, 2.75) is 37.4 Å². The molecule has 0 spiro atoms. The zero-order valence-corrected chi connectivity index (χ0v) is 18.7. The summed E-state index contributed by atoms with van der Waals surface area (Å²) in [5.74, 6) is 1.02. The quantitative estimate of drug-likeness (QED) is 0.525. The van der Waals surface area contributed by atoms with Crippen molar-refractivity contribution in [3.05, 3.63) is 66.0 Å². The highest BCUT2D eigenvalue weighted by molar-refractivity contribution is 7.99. The minimum Gasteiger partial charge on any atom is -0.325 e. The van der Waals surface area contributed by atoms with Gasteiger partial charge in [-0.25, -0.2) is 0 Å². The van der Waals surface area contributed by atoms with Crippen molar-refractivity contribution in [1.29, 1.82) is 5.26 Å². The Morgan fingerprint density at radius 2 is 1.78 bits per heavy atom. The maximum absolute atomic E-state index is 12.5. The largest absolute Gasteiger partial charge is 0.325 e. The third-order valence-corrected chi connectivity index (χ3v) is 6.31. The maximum Gasteiger partial charge on any atom is 0.234 e. The Labute approximate surface area is 192 Å². The van der Waals surface area contributed by atoms with Crippen LogP contribution in [0.3, 0.4) is 0 Å². The van der Waals surface area contributed by atoms with Crippen LogP contribution >= 0.6 is 11.8 Å². The molecule has 0 radical (unpaired) electrons. The second-order valence-corrected chi connectivity index (χ2v) is 8.72. The van der Waals surface area contributed by atoms with E-state index >= 15 is 0 Å². The summed E-state index contributed by atoms with van der Waals surface area (Å²) in [6.07, 6.45) is 4.09. The highest BCUT2D eigenvalue weighted by Crippen LogP contribution is 2.24. The molecule has 2 heterocycles. The van der Waals surface area contributed by atoms with E-state index in [4.69, 9.17) is 5.26 Å². The van der Waals surface area contributed by atoms with E-state index in [0.29, 0.717) is 17.3 Å². The maximum atomic E-state index is 12.5. The van der Waals surface area contributed by atoms with Gasteiger partial charge in [0.1, 0.15) is 0 Å². The molecule has 0 unspecified atom stereocenters. The van der Waals surface area contributed by atoms with Crippen LogP contribution < -0.4 is 5.32 Å². The number of rotatable bonds is 8. The minimum absolute atomic E-state index is 0.108. The Morgan fingerprint density at radius 1 is 1.03 bits per heavy atom. The summed E-state index contributed by atoms with van der Waals surface area (Å²) in [5, 5.41) is 21.3. The number of hydrogen-bond donors (Lipinski definition) is 1. The summed E-state index contributed by atoms with van der Waals surface area (Å²) in [6, 6.07) is 19.5. The number of benzene rings is 2. The van der Waals surface area contributed by atoms with Gasteiger partial charge in [-0.3, -0.25) is 14.3 Å². The zero-order chi connectivity index (χ0) is 22.2. The van der Waals surface area contributed by atoms with E-state index in [1.54, 1.807) is 0 Å². The van der Waals surface area contributed by atoms with Crippen LogP contribution in [0.15, 0.2) is 59.8 Å². The van der Waals surface area contributed by atoms with E-state index in [-0.39, 0.29) is 11.7 Å². The SMILES string of the molecule is N#CCc1ccc(NC(=O)CSc2nnc(CN3CCCCC3)n2-c2ccccc2)cc1. The first-order valence-corrected chi connectivity index (χ1v) is 11.8. The smallest absolute Gasteiger partial charge is 0.234 e. The van der Waals surface area contributed by atoms with E-state index < -0.39 is 0 Å². The lowest BCUT2D eigenvalue weighted by atomic mass is 10.1. The van der Waals surface area contributed by atoms with E-state index in [0.717, 1.165) is 36.7 Å². The number of para-hydroxylation sites is 1. The highest BCUT2D eigenvalue weighted by atomic mass is 32.2. The molecule has 1 aliphatic rings. The fraction of sp³-hybridized carbons (Fsp3) is 0.333. The topological polar surface area (TPSA) is 86.8 Å². The van der Waals surface area contributed by atoms with Gasteiger partial charge in [-0.15, -0.1) is 10.2 Å². The molecule has 0 saturated carbocycles. The van der Waals surface area contributed by atoms with Gasteiger partial charge in [0, 0.05) is 11.4 Å². The van der Waals surface area contributed by atoms with Gasteiger partial charge in [0.25, 0.3) is 0 Å². The highest BCUT2D eigenvalue weighted by Gasteiger charge is 2.19. The number of likely N-dealkylation sites (tertiary alicyclic amines) is 1. The van der Waals surface area contributed by atoms with Gasteiger partial charge < -0.3 is 5.32 Å². The van der Waals surface area contributed by atoms with Gasteiger partial charge in [-0.05, 0) is 55.8 Å². The Kier molecular flexibility index (Phi) is 7.54. The minimum atomic E-state index is -0.108. The molecule has 32 heavy (non-hydrogen) atoms. The molecular weight excluding hydrogens is 420 g/mol. The van der Waals surface area contributed by atoms with Crippen LogP contribution in [0, 0.1) is 11.3 Å². The van der Waals surface area contributed by atoms with E-state index in [1.807, 2.05) is 54.6 Å². The molecule has 0 aliphatic carbocycles. The molecule has 1 amide bonds. The van der Waals surface area contributed by atoms with Crippen molar-refractivity contribution in [3.63, 3.8) is 0 Å². The second-order valence-electron chi connectivity index (χ2n) is 7.78. The number of thioether (sulfide) groups is 1. The van der Waals surface area contributed by atoms with Crippen molar-refractivity contribution in [2.75, 3.05) is 24.2 Å². The summed E-state index contributed by atoms with van der Waals surface area (Å²) < 4.78 is 2.06. The number of hydrogen-bond acceptors (Lipinski definition) is 6. The molecule has 7 nitrogen and oxygen atoms in total. The van der Waals surface area contributed by atoms with Crippen LogP contribution in [0.4, 0.5) is 5.69 Å². The number of nitrogens with one attached hydrogen (secondary N) is 1. The molecule has 1 aliphatic heterocycles. The lowest BCUT2D eigenvalue weighted by molar-refractivity contribution is -0.113. The van der Waals surface area contributed by atoms with E-state index in [2.05, 4.69) is 31.1 Å². The number of carbonyl (C=O) groups excluding carboxylic acids is 1. The molecule has 0 bridgehead atoms. The summed E-state index contributed by atoms with van der Waals surface area (Å²) in [6.45, 7) is 2.92. The summed E-state index contributed by atoms with van der Waals surface area (Å²) in [4.78, 5) is 14.9. The molecule has 2 aromatic carbocycles. The summed E-state index contributed by atoms with van der Waals surface area (Å²) >= 11 is 1.38. The molecule has 164 valence electrons. The van der Waals surface area contributed by atoms with Crippen LogP contribution in [0.5, 0.6) is 0 Å². The Hall–Kier alpha value is -3.15. The van der Waals surface area contributed by atoms with E-state index in [9.17, 15) is 4.79 Å². The summed E-state index contributed by atoms with van der Waals surface area (Å²) in [7, 11) is 0. The third-order valence-electron chi connectivity index (χ3n) is 5.38. The molecule has 3 aromatic rings. The number of anilines is 1. The molecule has 1 fully saturated rings. The summed E-state index contributed by atoms with van der Waals surface area (Å²) in [5.41, 5.74) is 2.64. The van der Waals surface area contributed by atoms with Gasteiger partial charge in [-0.1, -0.05) is 48.5 Å². The lowest BCUT2D eigenvalue weighted by Crippen LogP contribution is -2.30. The number of aromatic nitrogens is 3. The fourth-order valence-electron chi connectivity index (χ4n) is 3.77.